The minimum absolute atomic E-state index is 0.103. The summed E-state index contributed by atoms with van der Waals surface area (Å²) in [5, 5.41) is 16.5. The molecule has 1 atom stereocenters. The first-order valence-corrected chi connectivity index (χ1v) is 8.77. The van der Waals surface area contributed by atoms with E-state index < -0.39 is 18.4 Å². The maximum atomic E-state index is 12.4. The number of guanidine groups is 1. The summed E-state index contributed by atoms with van der Waals surface area (Å²) in [7, 11) is 0. The van der Waals surface area contributed by atoms with Crippen LogP contribution in [0.25, 0.3) is 0 Å². The molecule has 2 aromatic rings. The van der Waals surface area contributed by atoms with Crippen molar-refractivity contribution in [3.63, 3.8) is 0 Å². The molecule has 1 aromatic carbocycles. The summed E-state index contributed by atoms with van der Waals surface area (Å²) in [4.78, 5) is 4.36. The van der Waals surface area contributed by atoms with Gasteiger partial charge in [-0.25, -0.2) is 4.99 Å². The van der Waals surface area contributed by atoms with Crippen molar-refractivity contribution in [2.45, 2.75) is 32.2 Å². The lowest BCUT2D eigenvalue weighted by Crippen LogP contribution is -2.44. The van der Waals surface area contributed by atoms with Crippen molar-refractivity contribution >= 4 is 5.96 Å². The fraction of sp³-hybridized carbons (Fsp3) is 0.421. The number of para-hydroxylation sites is 1. The summed E-state index contributed by atoms with van der Waals surface area (Å²) in [5.41, 5.74) is -0.741. The Bertz CT molecular complexity index is 759. The lowest BCUT2D eigenvalue weighted by molar-refractivity contribution is -0.153. The SMILES string of the molecule is CCNC(=NCc1ccccc1OCC(F)(F)F)NCC(C)(O)c1ccco1. The zero-order valence-electron chi connectivity index (χ0n) is 15.7. The average Bonchev–Trinajstić information content (AvgIpc) is 3.18. The van der Waals surface area contributed by atoms with Gasteiger partial charge in [0.05, 0.1) is 19.4 Å². The van der Waals surface area contributed by atoms with Crippen molar-refractivity contribution in [1.29, 1.82) is 0 Å². The van der Waals surface area contributed by atoms with E-state index in [0.29, 0.717) is 23.8 Å². The summed E-state index contributed by atoms with van der Waals surface area (Å²) in [6.07, 6.45) is -2.94. The molecule has 0 aliphatic heterocycles. The van der Waals surface area contributed by atoms with E-state index in [0.717, 1.165) is 0 Å². The van der Waals surface area contributed by atoms with Crippen LogP contribution < -0.4 is 15.4 Å². The van der Waals surface area contributed by atoms with Gasteiger partial charge in [-0.05, 0) is 32.0 Å². The molecule has 0 aliphatic carbocycles. The zero-order chi connectivity index (χ0) is 20.6. The molecule has 6 nitrogen and oxygen atoms in total. The van der Waals surface area contributed by atoms with Crippen LogP contribution in [0.5, 0.6) is 5.75 Å². The maximum absolute atomic E-state index is 12.4. The third-order valence-corrected chi connectivity index (χ3v) is 3.77. The first-order valence-electron chi connectivity index (χ1n) is 8.77. The number of nitrogens with zero attached hydrogens (tertiary/aromatic N) is 1. The van der Waals surface area contributed by atoms with Crippen LogP contribution >= 0.6 is 0 Å². The lowest BCUT2D eigenvalue weighted by Gasteiger charge is -2.22. The molecule has 0 bridgehead atoms. The summed E-state index contributed by atoms with van der Waals surface area (Å²) >= 11 is 0. The third-order valence-electron chi connectivity index (χ3n) is 3.77. The Balaban J connectivity index is 2.04. The lowest BCUT2D eigenvalue weighted by atomic mass is 10.0. The Morgan fingerprint density at radius 2 is 1.93 bits per heavy atom. The molecule has 154 valence electrons. The van der Waals surface area contributed by atoms with E-state index >= 15 is 0 Å². The molecule has 0 saturated heterocycles. The van der Waals surface area contributed by atoms with Crippen molar-refractivity contribution in [3.05, 3.63) is 54.0 Å². The summed E-state index contributed by atoms with van der Waals surface area (Å²) < 4.78 is 47.3. The molecule has 0 fully saturated rings. The molecule has 0 amide bonds. The van der Waals surface area contributed by atoms with Crippen molar-refractivity contribution in [2.24, 2.45) is 4.99 Å². The molecule has 0 saturated carbocycles. The molecule has 0 aliphatic rings. The molecule has 3 N–H and O–H groups in total. The van der Waals surface area contributed by atoms with E-state index in [9.17, 15) is 18.3 Å². The topological polar surface area (TPSA) is 79.0 Å². The van der Waals surface area contributed by atoms with Gasteiger partial charge in [0.15, 0.2) is 12.6 Å². The van der Waals surface area contributed by atoms with E-state index in [4.69, 9.17) is 9.15 Å². The van der Waals surface area contributed by atoms with Crippen LogP contribution in [-0.4, -0.2) is 36.9 Å². The van der Waals surface area contributed by atoms with E-state index in [1.54, 1.807) is 37.3 Å². The highest BCUT2D eigenvalue weighted by atomic mass is 19.4. The second-order valence-corrected chi connectivity index (χ2v) is 6.31. The van der Waals surface area contributed by atoms with Crippen molar-refractivity contribution < 1.29 is 27.4 Å². The number of ether oxygens (including phenoxy) is 1. The molecule has 0 radical (unpaired) electrons. The number of aliphatic hydroxyl groups is 1. The first kappa shape index (κ1) is 21.6. The standard InChI is InChI=1S/C19H24F3N3O3/c1-3-23-17(25-12-18(2,26)16-9-6-10-27-16)24-11-14-7-4-5-8-15(14)28-13-19(20,21)22/h4-10,26H,3,11-13H2,1-2H3,(H2,23,24,25). The zero-order valence-corrected chi connectivity index (χ0v) is 15.7. The van der Waals surface area contributed by atoms with Gasteiger partial charge in [-0.1, -0.05) is 18.2 Å². The van der Waals surface area contributed by atoms with Gasteiger partial charge in [-0.15, -0.1) is 0 Å². The largest absolute Gasteiger partial charge is 0.484 e. The number of aliphatic imine (C=N–C) groups is 1. The molecule has 2 rings (SSSR count). The van der Waals surface area contributed by atoms with E-state index in [-0.39, 0.29) is 18.8 Å². The fourth-order valence-corrected chi connectivity index (χ4v) is 2.37. The van der Waals surface area contributed by atoms with Gasteiger partial charge in [0, 0.05) is 12.1 Å². The Kier molecular flexibility index (Phi) is 7.33. The first-order chi connectivity index (χ1) is 13.2. The number of rotatable bonds is 8. The van der Waals surface area contributed by atoms with Crippen LogP contribution in [0.15, 0.2) is 52.1 Å². The van der Waals surface area contributed by atoms with Gasteiger partial charge in [0.2, 0.25) is 0 Å². The predicted molar refractivity (Wildman–Crippen MR) is 99.1 cm³/mol. The molecule has 1 aromatic heterocycles. The maximum Gasteiger partial charge on any atom is 0.422 e. The summed E-state index contributed by atoms with van der Waals surface area (Å²) in [6.45, 7) is 2.91. The Morgan fingerprint density at radius 3 is 2.57 bits per heavy atom. The van der Waals surface area contributed by atoms with Crippen LogP contribution in [0.2, 0.25) is 0 Å². The van der Waals surface area contributed by atoms with Gasteiger partial charge in [-0.3, -0.25) is 0 Å². The van der Waals surface area contributed by atoms with Crippen molar-refractivity contribution in [3.8, 4) is 5.75 Å². The summed E-state index contributed by atoms with van der Waals surface area (Å²) in [5.74, 6) is 0.934. The highest BCUT2D eigenvalue weighted by Gasteiger charge is 2.29. The van der Waals surface area contributed by atoms with Crippen molar-refractivity contribution in [1.82, 2.24) is 10.6 Å². The van der Waals surface area contributed by atoms with Crippen molar-refractivity contribution in [2.75, 3.05) is 19.7 Å². The Labute approximate surface area is 161 Å². The molecular formula is C19H24F3N3O3. The molecular weight excluding hydrogens is 375 g/mol. The highest BCUT2D eigenvalue weighted by molar-refractivity contribution is 5.79. The summed E-state index contributed by atoms with van der Waals surface area (Å²) in [6, 6.07) is 9.77. The molecule has 1 unspecified atom stereocenters. The number of furan rings is 1. The minimum Gasteiger partial charge on any atom is -0.484 e. The molecule has 0 spiro atoms. The van der Waals surface area contributed by atoms with E-state index in [1.807, 2.05) is 6.92 Å². The molecule has 9 heteroatoms. The number of halogens is 3. The van der Waals surface area contributed by atoms with Crippen LogP contribution in [0.3, 0.4) is 0 Å². The number of hydrogen-bond donors (Lipinski definition) is 3. The smallest absolute Gasteiger partial charge is 0.422 e. The average molecular weight is 399 g/mol. The predicted octanol–water partition coefficient (Wildman–Crippen LogP) is 3.18. The van der Waals surface area contributed by atoms with E-state index in [2.05, 4.69) is 15.6 Å². The number of alkyl halides is 3. The molecule has 28 heavy (non-hydrogen) atoms. The van der Waals surface area contributed by atoms with Crippen LogP contribution in [-0.2, 0) is 12.1 Å². The van der Waals surface area contributed by atoms with Gasteiger partial charge in [-0.2, -0.15) is 13.2 Å². The monoisotopic (exact) mass is 399 g/mol. The van der Waals surface area contributed by atoms with Crippen LogP contribution in [0, 0.1) is 0 Å². The Morgan fingerprint density at radius 1 is 1.18 bits per heavy atom. The van der Waals surface area contributed by atoms with Gasteiger partial charge >= 0.3 is 6.18 Å². The van der Waals surface area contributed by atoms with Gasteiger partial charge < -0.3 is 24.9 Å². The number of hydrogen-bond acceptors (Lipinski definition) is 4. The normalized spacial score (nSPS) is 14.4. The Hall–Kier alpha value is -2.68. The van der Waals surface area contributed by atoms with Gasteiger partial charge in [0.25, 0.3) is 0 Å². The number of nitrogens with one attached hydrogen (secondary N) is 2. The molecule has 1 heterocycles. The quantitative estimate of drug-likeness (QED) is 0.469. The highest BCUT2D eigenvalue weighted by Crippen LogP contribution is 2.23. The van der Waals surface area contributed by atoms with E-state index in [1.165, 1.54) is 12.3 Å². The van der Waals surface area contributed by atoms with Crippen LogP contribution in [0.4, 0.5) is 13.2 Å². The van der Waals surface area contributed by atoms with Gasteiger partial charge in [0.1, 0.15) is 17.1 Å². The number of benzene rings is 1. The second-order valence-electron chi connectivity index (χ2n) is 6.31. The third kappa shape index (κ3) is 6.80. The fourth-order valence-electron chi connectivity index (χ4n) is 2.37. The minimum atomic E-state index is -4.41. The second kappa shape index (κ2) is 9.50. The van der Waals surface area contributed by atoms with Crippen LogP contribution in [0.1, 0.15) is 25.2 Å².